The van der Waals surface area contributed by atoms with Crippen molar-refractivity contribution < 1.29 is 9.53 Å². The van der Waals surface area contributed by atoms with Crippen molar-refractivity contribution in [3.63, 3.8) is 0 Å². The first-order valence-corrected chi connectivity index (χ1v) is 7.15. The Kier molecular flexibility index (Phi) is 5.86. The van der Waals surface area contributed by atoms with Crippen LogP contribution >= 0.6 is 0 Å². The molecule has 0 radical (unpaired) electrons. The van der Waals surface area contributed by atoms with Crippen LogP contribution in [-0.4, -0.2) is 23.9 Å². The number of benzene rings is 1. The normalized spacial score (nSPS) is 10.2. The quantitative estimate of drug-likeness (QED) is 0.601. The Balaban J connectivity index is 1.81. The van der Waals surface area contributed by atoms with Gasteiger partial charge in [-0.25, -0.2) is 0 Å². The number of pyridine rings is 1. The van der Waals surface area contributed by atoms with E-state index >= 15 is 0 Å². The number of aromatic nitrogens is 1. The fourth-order valence-electron chi connectivity index (χ4n) is 1.87. The van der Waals surface area contributed by atoms with Gasteiger partial charge in [0.1, 0.15) is 12.4 Å². The van der Waals surface area contributed by atoms with Crippen molar-refractivity contribution in [1.82, 2.24) is 10.3 Å². The summed E-state index contributed by atoms with van der Waals surface area (Å²) in [6, 6.07) is 11.0. The van der Waals surface area contributed by atoms with E-state index in [4.69, 9.17) is 4.74 Å². The van der Waals surface area contributed by atoms with Crippen molar-refractivity contribution in [2.75, 3.05) is 13.2 Å². The molecular weight excluding hydrogens is 276 g/mol. The number of hydrogen-bond acceptors (Lipinski definition) is 4. The van der Waals surface area contributed by atoms with Crippen molar-refractivity contribution in [3.05, 3.63) is 72.1 Å². The molecule has 2 rings (SSSR count). The largest absolute Gasteiger partial charge is 0.489 e. The van der Waals surface area contributed by atoms with E-state index in [0.717, 1.165) is 16.9 Å². The van der Waals surface area contributed by atoms with Gasteiger partial charge in [-0.05, 0) is 48.4 Å². The monoisotopic (exact) mass is 296 g/mol. The van der Waals surface area contributed by atoms with Gasteiger partial charge in [-0.1, -0.05) is 12.6 Å². The minimum Gasteiger partial charge on any atom is -0.489 e. The van der Waals surface area contributed by atoms with Gasteiger partial charge in [0.25, 0.3) is 0 Å². The lowest BCUT2D eigenvalue weighted by atomic mass is 10.1. The van der Waals surface area contributed by atoms with Gasteiger partial charge >= 0.3 is 0 Å². The molecule has 0 saturated heterocycles. The highest BCUT2D eigenvalue weighted by molar-refractivity contribution is 5.97. The first-order chi connectivity index (χ1) is 10.6. The molecule has 0 saturated carbocycles. The highest BCUT2D eigenvalue weighted by atomic mass is 16.5. The van der Waals surface area contributed by atoms with E-state index in [-0.39, 0.29) is 5.78 Å². The van der Waals surface area contributed by atoms with E-state index in [1.54, 1.807) is 36.7 Å². The van der Waals surface area contributed by atoms with Crippen LogP contribution in [0.25, 0.3) is 0 Å². The molecule has 2 aromatic rings. The van der Waals surface area contributed by atoms with Gasteiger partial charge in [0, 0.05) is 24.5 Å². The molecule has 1 aromatic heterocycles. The van der Waals surface area contributed by atoms with Crippen LogP contribution in [0.3, 0.4) is 0 Å². The third-order valence-electron chi connectivity index (χ3n) is 3.00. The van der Waals surface area contributed by atoms with Crippen molar-refractivity contribution >= 4 is 5.78 Å². The van der Waals surface area contributed by atoms with Crippen LogP contribution in [0.5, 0.6) is 5.75 Å². The van der Waals surface area contributed by atoms with Crippen LogP contribution in [0.1, 0.15) is 22.8 Å². The third kappa shape index (κ3) is 5.14. The zero-order chi connectivity index (χ0) is 15.8. The van der Waals surface area contributed by atoms with Crippen LogP contribution in [-0.2, 0) is 6.54 Å². The molecule has 0 atom stereocenters. The first-order valence-electron chi connectivity index (χ1n) is 7.15. The fraction of sp³-hybridized carbons (Fsp3) is 0.222. The van der Waals surface area contributed by atoms with Crippen LogP contribution in [0.4, 0.5) is 0 Å². The van der Waals surface area contributed by atoms with Gasteiger partial charge in [-0.15, -0.1) is 0 Å². The predicted octanol–water partition coefficient (Wildman–Crippen LogP) is 3.01. The van der Waals surface area contributed by atoms with Gasteiger partial charge in [-0.2, -0.15) is 0 Å². The van der Waals surface area contributed by atoms with E-state index in [9.17, 15) is 4.79 Å². The SMILES string of the molecule is C=C(C)COc1ccc(C(=O)CNCc2cccnc2)cc1. The Labute approximate surface area is 130 Å². The number of nitrogens with one attached hydrogen (secondary N) is 1. The summed E-state index contributed by atoms with van der Waals surface area (Å²) in [7, 11) is 0. The maximum atomic E-state index is 12.1. The Hall–Kier alpha value is -2.46. The minimum atomic E-state index is 0.0512. The second kappa shape index (κ2) is 8.10. The van der Waals surface area contributed by atoms with Crippen LogP contribution in [0.15, 0.2) is 60.9 Å². The molecule has 0 aliphatic carbocycles. The molecule has 4 nitrogen and oxygen atoms in total. The van der Waals surface area contributed by atoms with E-state index in [2.05, 4.69) is 16.9 Å². The predicted molar refractivity (Wildman–Crippen MR) is 87.0 cm³/mol. The smallest absolute Gasteiger partial charge is 0.176 e. The summed E-state index contributed by atoms with van der Waals surface area (Å²) in [5, 5.41) is 3.12. The van der Waals surface area contributed by atoms with Gasteiger partial charge in [-0.3, -0.25) is 9.78 Å². The highest BCUT2D eigenvalue weighted by Crippen LogP contribution is 2.13. The van der Waals surface area contributed by atoms with Crippen LogP contribution < -0.4 is 10.1 Å². The molecular formula is C18H20N2O2. The molecule has 0 spiro atoms. The van der Waals surface area contributed by atoms with Gasteiger partial charge in [0.15, 0.2) is 5.78 Å². The summed E-state index contributed by atoms with van der Waals surface area (Å²) in [4.78, 5) is 16.1. The molecule has 0 aliphatic rings. The zero-order valence-electron chi connectivity index (χ0n) is 12.7. The number of carbonyl (C=O) groups excluding carboxylic acids is 1. The van der Waals surface area contributed by atoms with Crippen molar-refractivity contribution in [3.8, 4) is 5.75 Å². The van der Waals surface area contributed by atoms with E-state index in [1.807, 2.05) is 19.1 Å². The summed E-state index contributed by atoms with van der Waals surface area (Å²) in [6.07, 6.45) is 3.51. The number of ether oxygens (including phenoxy) is 1. The Bertz CT molecular complexity index is 621. The second-order valence-corrected chi connectivity index (χ2v) is 5.16. The average molecular weight is 296 g/mol. The van der Waals surface area contributed by atoms with Crippen molar-refractivity contribution in [1.29, 1.82) is 0 Å². The Morgan fingerprint density at radius 1 is 1.27 bits per heavy atom. The lowest BCUT2D eigenvalue weighted by molar-refractivity contribution is 0.0990. The van der Waals surface area contributed by atoms with Gasteiger partial charge < -0.3 is 10.1 Å². The van der Waals surface area contributed by atoms with Gasteiger partial charge in [0.2, 0.25) is 0 Å². The standard InChI is InChI=1S/C18H20N2O2/c1-14(2)13-22-17-7-5-16(6-8-17)18(21)12-20-11-15-4-3-9-19-10-15/h3-10,20H,1,11-13H2,2H3. The fourth-order valence-corrected chi connectivity index (χ4v) is 1.87. The van der Waals surface area contributed by atoms with Crippen molar-refractivity contribution in [2.45, 2.75) is 13.5 Å². The van der Waals surface area contributed by atoms with Crippen LogP contribution in [0.2, 0.25) is 0 Å². The second-order valence-electron chi connectivity index (χ2n) is 5.16. The maximum absolute atomic E-state index is 12.1. The van der Waals surface area contributed by atoms with Crippen LogP contribution in [0, 0.1) is 0 Å². The molecule has 0 bridgehead atoms. The summed E-state index contributed by atoms with van der Waals surface area (Å²) in [5.74, 6) is 0.790. The lowest BCUT2D eigenvalue weighted by Crippen LogP contribution is -2.22. The van der Waals surface area contributed by atoms with E-state index in [1.165, 1.54) is 0 Å². The third-order valence-corrected chi connectivity index (χ3v) is 3.00. The molecule has 114 valence electrons. The van der Waals surface area contributed by atoms with E-state index in [0.29, 0.717) is 25.3 Å². The molecule has 22 heavy (non-hydrogen) atoms. The topological polar surface area (TPSA) is 51.2 Å². The van der Waals surface area contributed by atoms with Crippen molar-refractivity contribution in [2.24, 2.45) is 0 Å². The molecule has 1 aromatic carbocycles. The maximum Gasteiger partial charge on any atom is 0.176 e. The number of Topliss-reactive ketones (excluding diaryl/α,β-unsaturated/α-hetero) is 1. The average Bonchev–Trinajstić information content (AvgIpc) is 2.54. The molecule has 0 aliphatic heterocycles. The number of ketones is 1. The molecule has 4 heteroatoms. The van der Waals surface area contributed by atoms with E-state index < -0.39 is 0 Å². The molecule has 1 N–H and O–H groups in total. The first kappa shape index (κ1) is 15.9. The molecule has 0 fully saturated rings. The Morgan fingerprint density at radius 2 is 2.05 bits per heavy atom. The minimum absolute atomic E-state index is 0.0512. The highest BCUT2D eigenvalue weighted by Gasteiger charge is 2.05. The lowest BCUT2D eigenvalue weighted by Gasteiger charge is -2.07. The molecule has 0 unspecified atom stereocenters. The summed E-state index contributed by atoms with van der Waals surface area (Å²) in [5.41, 5.74) is 2.68. The molecule has 1 heterocycles. The summed E-state index contributed by atoms with van der Waals surface area (Å²) >= 11 is 0. The number of carbonyl (C=O) groups is 1. The number of hydrogen-bond donors (Lipinski definition) is 1. The number of nitrogens with zero attached hydrogens (tertiary/aromatic N) is 1. The zero-order valence-corrected chi connectivity index (χ0v) is 12.7. The Morgan fingerprint density at radius 3 is 2.68 bits per heavy atom. The summed E-state index contributed by atoms with van der Waals surface area (Å²) < 4.78 is 5.51. The number of rotatable bonds is 8. The summed E-state index contributed by atoms with van der Waals surface area (Å²) in [6.45, 7) is 7.09. The van der Waals surface area contributed by atoms with Gasteiger partial charge in [0.05, 0.1) is 6.54 Å². The molecule has 0 amide bonds.